The minimum Gasteiger partial charge on any atom is -0.361 e. The fourth-order valence-corrected chi connectivity index (χ4v) is 4.49. The summed E-state index contributed by atoms with van der Waals surface area (Å²) in [5.74, 6) is -0.222. The van der Waals surface area contributed by atoms with Crippen molar-refractivity contribution in [3.05, 3.63) is 106 Å². The van der Waals surface area contributed by atoms with Gasteiger partial charge in [0.05, 0.1) is 0 Å². The predicted molar refractivity (Wildman–Crippen MR) is 146 cm³/mol. The van der Waals surface area contributed by atoms with Crippen LogP contribution in [0.4, 0.5) is 0 Å². The van der Waals surface area contributed by atoms with E-state index in [2.05, 4.69) is 48.3 Å². The first kappa shape index (κ1) is 25.5. The summed E-state index contributed by atoms with van der Waals surface area (Å²) in [6.45, 7) is 5.66. The molecule has 0 bridgehead atoms. The molecule has 0 aliphatic heterocycles. The Kier molecular flexibility index (Phi) is 8.44. The van der Waals surface area contributed by atoms with Crippen LogP contribution in [0.15, 0.2) is 79.0 Å². The number of H-pyrrole nitrogens is 1. The van der Waals surface area contributed by atoms with E-state index in [0.29, 0.717) is 30.2 Å². The van der Waals surface area contributed by atoms with Gasteiger partial charge in [-0.2, -0.15) is 0 Å². The van der Waals surface area contributed by atoms with E-state index in [4.69, 9.17) is 11.6 Å². The van der Waals surface area contributed by atoms with Gasteiger partial charge in [0.1, 0.15) is 6.54 Å². The van der Waals surface area contributed by atoms with E-state index in [-0.39, 0.29) is 18.4 Å². The Labute approximate surface area is 217 Å². The van der Waals surface area contributed by atoms with Crippen LogP contribution < -0.4 is 0 Å². The number of rotatable bonds is 10. The van der Waals surface area contributed by atoms with Gasteiger partial charge in [-0.1, -0.05) is 66.6 Å². The molecule has 0 fully saturated rings. The van der Waals surface area contributed by atoms with Crippen molar-refractivity contribution in [2.45, 2.75) is 33.2 Å². The topological polar surface area (TPSA) is 56.4 Å². The molecule has 0 unspecified atom stereocenters. The highest BCUT2D eigenvalue weighted by molar-refractivity contribution is 6.30. The lowest BCUT2D eigenvalue weighted by Gasteiger charge is -2.28. The van der Waals surface area contributed by atoms with Crippen LogP contribution in [0.25, 0.3) is 10.9 Å². The number of nitrogens with one attached hydrogen (secondary N) is 1. The molecule has 0 aliphatic carbocycles. The molecule has 1 N–H and O–H groups in total. The minimum absolute atomic E-state index is 0.0368. The van der Waals surface area contributed by atoms with E-state index < -0.39 is 0 Å². The van der Waals surface area contributed by atoms with Gasteiger partial charge in [-0.05, 0) is 61.2 Å². The lowest BCUT2D eigenvalue weighted by Crippen LogP contribution is -2.43. The second kappa shape index (κ2) is 11.9. The molecule has 4 rings (SSSR count). The van der Waals surface area contributed by atoms with Gasteiger partial charge >= 0.3 is 0 Å². The van der Waals surface area contributed by atoms with Gasteiger partial charge < -0.3 is 14.8 Å². The lowest BCUT2D eigenvalue weighted by atomic mass is 10.1. The molecule has 3 aromatic carbocycles. The summed E-state index contributed by atoms with van der Waals surface area (Å²) in [6, 6.07) is 23.2. The number of halogens is 1. The first-order valence-corrected chi connectivity index (χ1v) is 12.8. The van der Waals surface area contributed by atoms with Crippen LogP contribution >= 0.6 is 11.6 Å². The van der Waals surface area contributed by atoms with Crippen LogP contribution in [0, 0.1) is 6.92 Å². The standard InChI is InChI=1S/C30H32ClN3O2/c1-3-17-34(30(36)24-12-14-26(31)15-13-24)21-29(35)33(20-23-10-8-22(2)9-11-23)18-16-25-19-32-28-7-5-4-6-27(25)28/h4-15,19,32H,3,16-18,20-21H2,1-2H3. The minimum atomic E-state index is -0.159. The molecule has 4 aromatic rings. The van der Waals surface area contributed by atoms with Crippen LogP contribution in [0.5, 0.6) is 0 Å². The largest absolute Gasteiger partial charge is 0.361 e. The molecule has 0 spiro atoms. The number of fused-ring (bicyclic) bond motifs is 1. The summed E-state index contributed by atoms with van der Waals surface area (Å²) in [5, 5.41) is 1.75. The molecule has 1 heterocycles. The third-order valence-corrected chi connectivity index (χ3v) is 6.62. The van der Waals surface area contributed by atoms with E-state index in [1.807, 2.05) is 30.2 Å². The Morgan fingerprint density at radius 2 is 1.61 bits per heavy atom. The maximum absolute atomic E-state index is 13.6. The molecule has 36 heavy (non-hydrogen) atoms. The highest BCUT2D eigenvalue weighted by Crippen LogP contribution is 2.19. The zero-order valence-electron chi connectivity index (χ0n) is 20.8. The second-order valence-electron chi connectivity index (χ2n) is 9.14. The Morgan fingerprint density at radius 1 is 0.889 bits per heavy atom. The molecule has 0 saturated heterocycles. The second-order valence-corrected chi connectivity index (χ2v) is 9.58. The van der Waals surface area contributed by atoms with Crippen LogP contribution in [-0.2, 0) is 17.8 Å². The number of amides is 2. The van der Waals surface area contributed by atoms with Gasteiger partial charge in [-0.3, -0.25) is 9.59 Å². The Balaban J connectivity index is 1.53. The van der Waals surface area contributed by atoms with E-state index in [0.717, 1.165) is 23.9 Å². The molecule has 0 radical (unpaired) electrons. The molecule has 0 aliphatic rings. The van der Waals surface area contributed by atoms with Crippen molar-refractivity contribution in [3.63, 3.8) is 0 Å². The van der Waals surface area contributed by atoms with Crippen molar-refractivity contribution in [1.29, 1.82) is 0 Å². The highest BCUT2D eigenvalue weighted by Gasteiger charge is 2.22. The first-order chi connectivity index (χ1) is 17.4. The van der Waals surface area contributed by atoms with Crippen molar-refractivity contribution in [2.24, 2.45) is 0 Å². The molecule has 6 heteroatoms. The Hall–Kier alpha value is -3.57. The number of aromatic nitrogens is 1. The monoisotopic (exact) mass is 501 g/mol. The zero-order valence-corrected chi connectivity index (χ0v) is 21.6. The summed E-state index contributed by atoms with van der Waals surface area (Å²) in [6.07, 6.45) is 3.51. The molecular formula is C30H32ClN3O2. The van der Waals surface area contributed by atoms with Crippen molar-refractivity contribution in [2.75, 3.05) is 19.6 Å². The molecule has 0 saturated carbocycles. The summed E-state index contributed by atoms with van der Waals surface area (Å²) in [5.41, 5.74) is 5.04. The third-order valence-electron chi connectivity index (χ3n) is 6.37. The number of aromatic amines is 1. The van der Waals surface area contributed by atoms with E-state index in [1.165, 1.54) is 16.5 Å². The first-order valence-electron chi connectivity index (χ1n) is 12.4. The van der Waals surface area contributed by atoms with Crippen LogP contribution in [0.3, 0.4) is 0 Å². The van der Waals surface area contributed by atoms with E-state index in [9.17, 15) is 9.59 Å². The molecule has 2 amide bonds. The summed E-state index contributed by atoms with van der Waals surface area (Å²) in [7, 11) is 0. The van der Waals surface area contributed by atoms with Crippen LogP contribution in [0.1, 0.15) is 40.4 Å². The summed E-state index contributed by atoms with van der Waals surface area (Å²) < 4.78 is 0. The molecule has 0 atom stereocenters. The predicted octanol–water partition coefficient (Wildman–Crippen LogP) is 6.25. The van der Waals surface area contributed by atoms with Crippen LogP contribution in [0.2, 0.25) is 5.02 Å². The molecular weight excluding hydrogens is 470 g/mol. The average molecular weight is 502 g/mol. The number of benzene rings is 3. The highest BCUT2D eigenvalue weighted by atomic mass is 35.5. The maximum Gasteiger partial charge on any atom is 0.254 e. The number of nitrogens with zero attached hydrogens (tertiary/aromatic N) is 2. The average Bonchev–Trinajstić information content (AvgIpc) is 3.30. The number of para-hydroxylation sites is 1. The number of hydrogen-bond acceptors (Lipinski definition) is 2. The number of aryl methyl sites for hydroxylation is 1. The van der Waals surface area contributed by atoms with Crippen molar-refractivity contribution < 1.29 is 9.59 Å². The van der Waals surface area contributed by atoms with Gasteiger partial charge in [0, 0.05) is 47.3 Å². The SMILES string of the molecule is CCCN(CC(=O)N(CCc1c[nH]c2ccccc12)Cc1ccc(C)cc1)C(=O)c1ccc(Cl)cc1. The fraction of sp³-hybridized carbons (Fsp3) is 0.267. The molecule has 1 aromatic heterocycles. The van der Waals surface area contributed by atoms with E-state index >= 15 is 0 Å². The smallest absolute Gasteiger partial charge is 0.254 e. The van der Waals surface area contributed by atoms with Gasteiger partial charge in [-0.15, -0.1) is 0 Å². The quantitative estimate of drug-likeness (QED) is 0.279. The van der Waals surface area contributed by atoms with Gasteiger partial charge in [-0.25, -0.2) is 0 Å². The normalized spacial score (nSPS) is 11.0. The fourth-order valence-electron chi connectivity index (χ4n) is 4.36. The van der Waals surface area contributed by atoms with Crippen molar-refractivity contribution >= 4 is 34.3 Å². The Bertz CT molecular complexity index is 1310. The third kappa shape index (κ3) is 6.35. The molecule has 5 nitrogen and oxygen atoms in total. The summed E-state index contributed by atoms with van der Waals surface area (Å²) >= 11 is 6.00. The van der Waals surface area contributed by atoms with Crippen molar-refractivity contribution in [1.82, 2.24) is 14.8 Å². The lowest BCUT2D eigenvalue weighted by molar-refractivity contribution is -0.132. The van der Waals surface area contributed by atoms with Gasteiger partial charge in [0.15, 0.2) is 0 Å². The maximum atomic E-state index is 13.6. The number of hydrogen-bond donors (Lipinski definition) is 1. The summed E-state index contributed by atoms with van der Waals surface area (Å²) in [4.78, 5) is 33.6. The zero-order chi connectivity index (χ0) is 25.5. The molecule has 186 valence electrons. The van der Waals surface area contributed by atoms with Crippen molar-refractivity contribution in [3.8, 4) is 0 Å². The van der Waals surface area contributed by atoms with Gasteiger partial charge in [0.2, 0.25) is 5.91 Å². The van der Waals surface area contributed by atoms with Crippen LogP contribution in [-0.4, -0.2) is 46.2 Å². The van der Waals surface area contributed by atoms with E-state index in [1.54, 1.807) is 29.2 Å². The Morgan fingerprint density at radius 3 is 2.33 bits per heavy atom. The van der Waals surface area contributed by atoms with Gasteiger partial charge in [0.25, 0.3) is 5.91 Å². The number of carbonyl (C=O) groups excluding carboxylic acids is 2. The number of carbonyl (C=O) groups is 2.